The number of hydrogen-bond donors (Lipinski definition) is 1. The highest BCUT2D eigenvalue weighted by molar-refractivity contribution is 5.31. The van der Waals surface area contributed by atoms with Crippen molar-refractivity contribution in [1.82, 2.24) is 0 Å². The highest BCUT2D eigenvalue weighted by atomic mass is 16.7. The fourth-order valence-electron chi connectivity index (χ4n) is 3.19. The van der Waals surface area contributed by atoms with Crippen LogP contribution in [0.3, 0.4) is 0 Å². The summed E-state index contributed by atoms with van der Waals surface area (Å²) in [6, 6.07) is 8.09. The van der Waals surface area contributed by atoms with Crippen LogP contribution in [0.5, 0.6) is 0 Å². The molecule has 1 saturated carbocycles. The zero-order valence-corrected chi connectivity index (χ0v) is 10.8. The van der Waals surface area contributed by atoms with Gasteiger partial charge in [0.05, 0.1) is 18.8 Å². The first-order valence-electron chi connectivity index (χ1n) is 6.70. The molecule has 0 unspecified atom stereocenters. The maximum absolute atomic E-state index is 10.9. The molecule has 0 radical (unpaired) electrons. The third kappa shape index (κ3) is 1.96. The van der Waals surface area contributed by atoms with Gasteiger partial charge in [0.15, 0.2) is 5.79 Å². The van der Waals surface area contributed by atoms with E-state index in [1.165, 1.54) is 0 Å². The molecule has 1 aromatic carbocycles. The average Bonchev–Trinajstić information content (AvgIpc) is 2.83. The van der Waals surface area contributed by atoms with E-state index in [2.05, 4.69) is 13.0 Å². The molecule has 0 aromatic heterocycles. The fourth-order valence-corrected chi connectivity index (χ4v) is 3.19. The van der Waals surface area contributed by atoms with Gasteiger partial charge in [0.25, 0.3) is 0 Å². The van der Waals surface area contributed by atoms with E-state index in [0.717, 1.165) is 24.0 Å². The summed E-state index contributed by atoms with van der Waals surface area (Å²) in [5.74, 6) is -0.408. The van der Waals surface area contributed by atoms with Crippen LogP contribution >= 0.6 is 0 Å². The van der Waals surface area contributed by atoms with Gasteiger partial charge in [0.2, 0.25) is 0 Å². The molecule has 1 aliphatic heterocycles. The van der Waals surface area contributed by atoms with Crippen molar-refractivity contribution in [2.24, 2.45) is 0 Å². The lowest BCUT2D eigenvalue weighted by Crippen LogP contribution is -2.42. The van der Waals surface area contributed by atoms with Crippen LogP contribution in [0.2, 0.25) is 0 Å². The van der Waals surface area contributed by atoms with E-state index in [9.17, 15) is 5.11 Å². The number of aliphatic hydroxyl groups is 1. The summed E-state index contributed by atoms with van der Waals surface area (Å²) >= 11 is 0. The minimum absolute atomic E-state index is 0.408. The zero-order chi connectivity index (χ0) is 12.6. The topological polar surface area (TPSA) is 38.7 Å². The minimum Gasteiger partial charge on any atom is -0.385 e. The molecule has 0 bridgehead atoms. The summed E-state index contributed by atoms with van der Waals surface area (Å²) in [5, 5.41) is 10.9. The largest absolute Gasteiger partial charge is 0.385 e. The van der Waals surface area contributed by atoms with Crippen LogP contribution in [0, 0.1) is 6.92 Å². The van der Waals surface area contributed by atoms with Gasteiger partial charge in [-0.1, -0.05) is 24.3 Å². The maximum atomic E-state index is 10.9. The van der Waals surface area contributed by atoms with E-state index in [1.54, 1.807) is 0 Å². The van der Waals surface area contributed by atoms with Crippen LogP contribution in [-0.4, -0.2) is 24.1 Å². The molecule has 0 amide bonds. The summed E-state index contributed by atoms with van der Waals surface area (Å²) in [7, 11) is 0. The molecular weight excluding hydrogens is 228 g/mol. The number of aryl methyl sites for hydroxylation is 1. The van der Waals surface area contributed by atoms with Gasteiger partial charge in [0, 0.05) is 12.8 Å². The second-order valence-corrected chi connectivity index (χ2v) is 5.45. The number of ether oxygens (including phenoxy) is 2. The Bertz CT molecular complexity index is 425. The first-order valence-corrected chi connectivity index (χ1v) is 6.70. The van der Waals surface area contributed by atoms with Crippen LogP contribution < -0.4 is 0 Å². The molecule has 1 saturated heterocycles. The van der Waals surface area contributed by atoms with E-state index in [-0.39, 0.29) is 0 Å². The van der Waals surface area contributed by atoms with Crippen molar-refractivity contribution in [2.45, 2.75) is 44.0 Å². The van der Waals surface area contributed by atoms with Crippen LogP contribution in [0.25, 0.3) is 0 Å². The Morgan fingerprint density at radius 1 is 1.00 bits per heavy atom. The molecule has 1 aliphatic carbocycles. The molecule has 1 N–H and O–H groups in total. The van der Waals surface area contributed by atoms with Gasteiger partial charge in [-0.15, -0.1) is 0 Å². The molecule has 1 heterocycles. The van der Waals surface area contributed by atoms with Crippen molar-refractivity contribution in [2.75, 3.05) is 13.2 Å². The lowest BCUT2D eigenvalue weighted by atomic mass is 9.76. The van der Waals surface area contributed by atoms with E-state index >= 15 is 0 Å². The van der Waals surface area contributed by atoms with Crippen molar-refractivity contribution < 1.29 is 14.6 Å². The monoisotopic (exact) mass is 248 g/mol. The number of rotatable bonds is 1. The highest BCUT2D eigenvalue weighted by Gasteiger charge is 2.46. The van der Waals surface area contributed by atoms with Gasteiger partial charge in [-0.3, -0.25) is 0 Å². The van der Waals surface area contributed by atoms with Crippen molar-refractivity contribution >= 4 is 0 Å². The molecule has 1 aromatic rings. The molecule has 0 atom stereocenters. The second kappa shape index (κ2) is 4.34. The smallest absolute Gasteiger partial charge is 0.168 e. The maximum Gasteiger partial charge on any atom is 0.168 e. The molecule has 3 heteroatoms. The Balaban J connectivity index is 1.80. The second-order valence-electron chi connectivity index (χ2n) is 5.45. The van der Waals surface area contributed by atoms with Gasteiger partial charge in [-0.2, -0.15) is 0 Å². The van der Waals surface area contributed by atoms with Gasteiger partial charge in [0.1, 0.15) is 0 Å². The Kier molecular flexibility index (Phi) is 2.93. The van der Waals surface area contributed by atoms with Crippen LogP contribution in [-0.2, 0) is 15.1 Å². The summed E-state index contributed by atoms with van der Waals surface area (Å²) in [6.07, 6.45) is 2.96. The Morgan fingerprint density at radius 3 is 2.22 bits per heavy atom. The Hall–Kier alpha value is -0.900. The third-order valence-corrected chi connectivity index (χ3v) is 4.30. The van der Waals surface area contributed by atoms with Crippen LogP contribution in [0.15, 0.2) is 24.3 Å². The van der Waals surface area contributed by atoms with E-state index in [4.69, 9.17) is 9.47 Å². The molecule has 2 fully saturated rings. The third-order valence-electron chi connectivity index (χ3n) is 4.30. The van der Waals surface area contributed by atoms with Crippen LogP contribution in [0.4, 0.5) is 0 Å². The first-order chi connectivity index (χ1) is 8.64. The van der Waals surface area contributed by atoms with E-state index in [1.807, 2.05) is 18.2 Å². The first kappa shape index (κ1) is 12.2. The van der Waals surface area contributed by atoms with Crippen molar-refractivity contribution in [3.63, 3.8) is 0 Å². The van der Waals surface area contributed by atoms with Gasteiger partial charge < -0.3 is 14.6 Å². The summed E-state index contributed by atoms with van der Waals surface area (Å²) in [5.41, 5.74) is 1.49. The van der Waals surface area contributed by atoms with Crippen molar-refractivity contribution in [3.05, 3.63) is 35.4 Å². The van der Waals surface area contributed by atoms with Gasteiger partial charge in [-0.05, 0) is 30.9 Å². The summed E-state index contributed by atoms with van der Waals surface area (Å²) in [4.78, 5) is 0. The fraction of sp³-hybridized carbons (Fsp3) is 0.600. The summed E-state index contributed by atoms with van der Waals surface area (Å²) < 4.78 is 11.4. The minimum atomic E-state index is -0.716. The average molecular weight is 248 g/mol. The highest BCUT2D eigenvalue weighted by Crippen LogP contribution is 2.45. The predicted octanol–water partition coefficient (Wildman–Crippen LogP) is 2.50. The lowest BCUT2D eigenvalue weighted by molar-refractivity contribution is -0.204. The number of benzene rings is 1. The zero-order valence-electron chi connectivity index (χ0n) is 10.8. The lowest BCUT2D eigenvalue weighted by Gasteiger charge is -2.41. The van der Waals surface area contributed by atoms with Crippen LogP contribution in [0.1, 0.15) is 36.8 Å². The summed E-state index contributed by atoms with van der Waals surface area (Å²) in [6.45, 7) is 3.42. The Morgan fingerprint density at radius 2 is 1.61 bits per heavy atom. The van der Waals surface area contributed by atoms with Gasteiger partial charge >= 0.3 is 0 Å². The molecular formula is C15H20O3. The Labute approximate surface area is 108 Å². The molecule has 18 heavy (non-hydrogen) atoms. The molecule has 3 rings (SSSR count). The normalized spacial score (nSPS) is 25.4. The molecule has 3 nitrogen and oxygen atoms in total. The van der Waals surface area contributed by atoms with E-state index in [0.29, 0.717) is 26.1 Å². The molecule has 98 valence electrons. The quantitative estimate of drug-likeness (QED) is 0.830. The standard InChI is InChI=1S/C15H20O3/c1-12-4-2-3-5-13(12)14(16)6-8-15(9-7-14)17-10-11-18-15/h2-5,16H,6-11H2,1H3. The van der Waals surface area contributed by atoms with E-state index < -0.39 is 11.4 Å². The van der Waals surface area contributed by atoms with Crippen molar-refractivity contribution in [1.29, 1.82) is 0 Å². The molecule has 2 aliphatic rings. The van der Waals surface area contributed by atoms with Gasteiger partial charge in [-0.25, -0.2) is 0 Å². The number of hydrogen-bond acceptors (Lipinski definition) is 3. The SMILES string of the molecule is Cc1ccccc1C1(O)CCC2(CC1)OCCO2. The molecule has 1 spiro atoms. The predicted molar refractivity (Wildman–Crippen MR) is 68.2 cm³/mol. The van der Waals surface area contributed by atoms with Crippen molar-refractivity contribution in [3.8, 4) is 0 Å².